The first kappa shape index (κ1) is 13.8. The van der Waals surface area contributed by atoms with Crippen molar-refractivity contribution in [2.24, 2.45) is 5.92 Å². The fraction of sp³-hybridized carbons (Fsp3) is 0.571. The summed E-state index contributed by atoms with van der Waals surface area (Å²) in [4.78, 5) is 2.16. The molecule has 1 aromatic carbocycles. The summed E-state index contributed by atoms with van der Waals surface area (Å²) in [6.07, 6.45) is 0. The molecule has 3 heteroatoms. The maximum absolute atomic E-state index is 10.0. The molecule has 0 spiro atoms. The van der Waals surface area contributed by atoms with E-state index in [1.54, 1.807) is 0 Å². The van der Waals surface area contributed by atoms with E-state index in [9.17, 15) is 5.11 Å². The number of aromatic hydroxyl groups is 1. The van der Waals surface area contributed by atoms with Crippen LogP contribution in [0.1, 0.15) is 32.4 Å². The van der Waals surface area contributed by atoms with Crippen molar-refractivity contribution in [1.29, 1.82) is 0 Å². The van der Waals surface area contributed by atoms with Crippen LogP contribution in [0.15, 0.2) is 18.2 Å². The summed E-state index contributed by atoms with van der Waals surface area (Å²) in [6, 6.07) is 6.05. The predicted molar refractivity (Wildman–Crippen MR) is 73.7 cm³/mol. The van der Waals surface area contributed by atoms with Gasteiger partial charge >= 0.3 is 0 Å². The van der Waals surface area contributed by atoms with Crippen molar-refractivity contribution >= 4 is 5.69 Å². The first-order chi connectivity index (χ1) is 7.95. The Morgan fingerprint density at radius 1 is 1.29 bits per heavy atom. The average Bonchev–Trinajstić information content (AvgIpc) is 2.27. The second kappa shape index (κ2) is 5.92. The van der Waals surface area contributed by atoms with Crippen molar-refractivity contribution in [3.63, 3.8) is 0 Å². The van der Waals surface area contributed by atoms with Gasteiger partial charge in [-0.3, -0.25) is 0 Å². The van der Waals surface area contributed by atoms with E-state index in [2.05, 4.69) is 37.2 Å². The zero-order chi connectivity index (χ0) is 13.0. The lowest BCUT2D eigenvalue weighted by Gasteiger charge is -2.23. The highest BCUT2D eigenvalue weighted by Crippen LogP contribution is 2.28. The fourth-order valence-corrected chi connectivity index (χ4v) is 1.94. The molecule has 0 aliphatic rings. The van der Waals surface area contributed by atoms with E-state index in [1.165, 1.54) is 0 Å². The zero-order valence-electron chi connectivity index (χ0n) is 11.5. The van der Waals surface area contributed by atoms with Gasteiger partial charge in [0.25, 0.3) is 0 Å². The molecule has 0 amide bonds. The minimum Gasteiger partial charge on any atom is -0.508 e. The van der Waals surface area contributed by atoms with E-state index in [1.807, 2.05) is 26.1 Å². The van der Waals surface area contributed by atoms with Crippen LogP contribution in [0, 0.1) is 5.92 Å². The standard InChI is InChI=1S/C14H24N2O/c1-10(2)9-16(5)12-6-7-13(11(3)15-4)14(17)8-12/h6-8,10-11,15,17H,9H2,1-5H3. The van der Waals surface area contributed by atoms with Crippen LogP contribution < -0.4 is 10.2 Å². The third-order valence-electron chi connectivity index (χ3n) is 2.99. The van der Waals surface area contributed by atoms with Crippen LogP contribution in [0.5, 0.6) is 5.75 Å². The fourth-order valence-electron chi connectivity index (χ4n) is 1.94. The van der Waals surface area contributed by atoms with E-state index in [0.717, 1.165) is 17.8 Å². The topological polar surface area (TPSA) is 35.5 Å². The number of nitrogens with zero attached hydrogens (tertiary/aromatic N) is 1. The first-order valence-corrected chi connectivity index (χ1v) is 6.17. The Kier molecular flexibility index (Phi) is 4.82. The van der Waals surface area contributed by atoms with Gasteiger partial charge in [0.05, 0.1) is 0 Å². The molecule has 0 aromatic heterocycles. The molecule has 17 heavy (non-hydrogen) atoms. The number of nitrogens with one attached hydrogen (secondary N) is 1. The maximum Gasteiger partial charge on any atom is 0.122 e. The molecule has 0 heterocycles. The van der Waals surface area contributed by atoms with Gasteiger partial charge in [-0.1, -0.05) is 19.9 Å². The summed E-state index contributed by atoms with van der Waals surface area (Å²) in [6.45, 7) is 7.40. The minimum absolute atomic E-state index is 0.166. The lowest BCUT2D eigenvalue weighted by molar-refractivity contribution is 0.457. The van der Waals surface area contributed by atoms with E-state index in [4.69, 9.17) is 0 Å². The van der Waals surface area contributed by atoms with Crippen LogP contribution in [0.4, 0.5) is 5.69 Å². The summed E-state index contributed by atoms with van der Waals surface area (Å²) in [5.74, 6) is 0.970. The van der Waals surface area contributed by atoms with E-state index in [0.29, 0.717) is 11.7 Å². The van der Waals surface area contributed by atoms with Crippen molar-refractivity contribution < 1.29 is 5.11 Å². The van der Waals surface area contributed by atoms with Gasteiger partial charge < -0.3 is 15.3 Å². The molecular formula is C14H24N2O. The van der Waals surface area contributed by atoms with Crippen molar-refractivity contribution in [3.05, 3.63) is 23.8 Å². The second-order valence-electron chi connectivity index (χ2n) is 5.03. The normalized spacial score (nSPS) is 12.8. The van der Waals surface area contributed by atoms with Crippen LogP contribution in [-0.4, -0.2) is 25.7 Å². The summed E-state index contributed by atoms with van der Waals surface area (Å²) < 4.78 is 0. The van der Waals surface area contributed by atoms with Crippen molar-refractivity contribution in [2.45, 2.75) is 26.8 Å². The molecule has 1 rings (SSSR count). The Morgan fingerprint density at radius 2 is 1.94 bits per heavy atom. The second-order valence-corrected chi connectivity index (χ2v) is 5.03. The molecular weight excluding hydrogens is 212 g/mol. The van der Waals surface area contributed by atoms with Gasteiger partial charge in [0, 0.05) is 37.0 Å². The molecule has 1 unspecified atom stereocenters. The Balaban J connectivity index is 2.88. The lowest BCUT2D eigenvalue weighted by atomic mass is 10.1. The molecule has 0 aliphatic carbocycles. The first-order valence-electron chi connectivity index (χ1n) is 6.17. The van der Waals surface area contributed by atoms with Crippen molar-refractivity contribution in [2.75, 3.05) is 25.5 Å². The van der Waals surface area contributed by atoms with E-state index in [-0.39, 0.29) is 6.04 Å². The Hall–Kier alpha value is -1.22. The van der Waals surface area contributed by atoms with Crippen LogP contribution in [0.25, 0.3) is 0 Å². The number of rotatable bonds is 5. The number of benzene rings is 1. The minimum atomic E-state index is 0.166. The van der Waals surface area contributed by atoms with Gasteiger partial charge in [0.15, 0.2) is 0 Å². The smallest absolute Gasteiger partial charge is 0.122 e. The van der Waals surface area contributed by atoms with Crippen LogP contribution in [-0.2, 0) is 0 Å². The Bertz CT molecular complexity index is 363. The van der Waals surface area contributed by atoms with E-state index < -0.39 is 0 Å². The molecule has 96 valence electrons. The van der Waals surface area contributed by atoms with Crippen molar-refractivity contribution in [3.8, 4) is 5.75 Å². The highest BCUT2D eigenvalue weighted by molar-refractivity contribution is 5.53. The van der Waals surface area contributed by atoms with Gasteiger partial charge in [-0.25, -0.2) is 0 Å². The summed E-state index contributed by atoms with van der Waals surface area (Å²) in [5, 5.41) is 13.1. The Morgan fingerprint density at radius 3 is 2.41 bits per heavy atom. The predicted octanol–water partition coefficient (Wildman–Crippen LogP) is 2.76. The molecule has 0 aliphatic heterocycles. The number of hydrogen-bond acceptors (Lipinski definition) is 3. The van der Waals surface area contributed by atoms with Gasteiger partial charge in [0.1, 0.15) is 5.75 Å². The third kappa shape index (κ3) is 3.63. The zero-order valence-corrected chi connectivity index (χ0v) is 11.5. The molecule has 0 bridgehead atoms. The quantitative estimate of drug-likeness (QED) is 0.825. The molecule has 1 atom stereocenters. The summed E-state index contributed by atoms with van der Waals surface area (Å²) >= 11 is 0. The molecule has 1 aromatic rings. The molecule has 0 fully saturated rings. The van der Waals surface area contributed by atoms with Crippen molar-refractivity contribution in [1.82, 2.24) is 5.32 Å². The summed E-state index contributed by atoms with van der Waals surface area (Å²) in [7, 11) is 3.94. The number of anilines is 1. The van der Waals surface area contributed by atoms with E-state index >= 15 is 0 Å². The summed E-state index contributed by atoms with van der Waals surface area (Å²) in [5.41, 5.74) is 2.00. The Labute approximate surface area is 104 Å². The van der Waals surface area contributed by atoms with Gasteiger partial charge in [-0.15, -0.1) is 0 Å². The number of hydrogen-bond donors (Lipinski definition) is 2. The monoisotopic (exact) mass is 236 g/mol. The van der Waals surface area contributed by atoms with Gasteiger partial charge in [0.2, 0.25) is 0 Å². The number of phenols is 1. The highest BCUT2D eigenvalue weighted by atomic mass is 16.3. The molecule has 0 saturated heterocycles. The van der Waals surface area contributed by atoms with Gasteiger partial charge in [-0.2, -0.15) is 0 Å². The molecule has 3 nitrogen and oxygen atoms in total. The largest absolute Gasteiger partial charge is 0.508 e. The van der Waals surface area contributed by atoms with Crippen LogP contribution >= 0.6 is 0 Å². The highest BCUT2D eigenvalue weighted by Gasteiger charge is 2.11. The lowest BCUT2D eigenvalue weighted by Crippen LogP contribution is -2.22. The average molecular weight is 236 g/mol. The van der Waals surface area contributed by atoms with Crippen LogP contribution in [0.3, 0.4) is 0 Å². The van der Waals surface area contributed by atoms with Crippen LogP contribution in [0.2, 0.25) is 0 Å². The molecule has 0 radical (unpaired) electrons. The maximum atomic E-state index is 10.0. The van der Waals surface area contributed by atoms with Gasteiger partial charge in [-0.05, 0) is 26.0 Å². The SMILES string of the molecule is CNC(C)c1ccc(N(C)CC(C)C)cc1O. The third-order valence-corrected chi connectivity index (χ3v) is 2.99. The molecule has 0 saturated carbocycles. The number of phenolic OH excluding ortho intramolecular Hbond substituents is 1. The molecule has 2 N–H and O–H groups in total.